The van der Waals surface area contributed by atoms with E-state index in [0.29, 0.717) is 50.0 Å². The van der Waals surface area contributed by atoms with Gasteiger partial charge < -0.3 is 9.42 Å². The van der Waals surface area contributed by atoms with E-state index in [-0.39, 0.29) is 18.0 Å². The Kier molecular flexibility index (Phi) is 5.80. The Balaban J connectivity index is 1.31. The van der Waals surface area contributed by atoms with Crippen LogP contribution >= 0.6 is 0 Å². The lowest BCUT2D eigenvalue weighted by Gasteiger charge is -2.34. The Bertz CT molecular complexity index is 1030. The van der Waals surface area contributed by atoms with Gasteiger partial charge in [-0.25, -0.2) is 0 Å². The van der Waals surface area contributed by atoms with Crippen LogP contribution in [0.4, 0.5) is 5.69 Å². The van der Waals surface area contributed by atoms with Gasteiger partial charge in [0.2, 0.25) is 17.6 Å². The number of amides is 1. The molecule has 1 fully saturated rings. The molecule has 9 nitrogen and oxygen atoms in total. The predicted molar refractivity (Wildman–Crippen MR) is 108 cm³/mol. The quantitative estimate of drug-likeness (QED) is 0.457. The first kappa shape index (κ1) is 19.7. The van der Waals surface area contributed by atoms with Gasteiger partial charge in [0.15, 0.2) is 0 Å². The zero-order chi connectivity index (χ0) is 20.9. The molecule has 1 aliphatic rings. The molecule has 3 aromatic rings. The van der Waals surface area contributed by atoms with Crippen molar-refractivity contribution in [1.29, 1.82) is 0 Å². The average Bonchev–Trinajstić information content (AvgIpc) is 3.23. The maximum Gasteiger partial charge on any atom is 0.273 e. The fourth-order valence-corrected chi connectivity index (χ4v) is 3.48. The van der Waals surface area contributed by atoms with Crippen molar-refractivity contribution in [3.63, 3.8) is 0 Å². The van der Waals surface area contributed by atoms with Crippen LogP contribution < -0.4 is 0 Å². The van der Waals surface area contributed by atoms with Gasteiger partial charge in [-0.05, 0) is 0 Å². The van der Waals surface area contributed by atoms with Gasteiger partial charge in [-0.1, -0.05) is 53.7 Å². The largest absolute Gasteiger partial charge is 0.340 e. The summed E-state index contributed by atoms with van der Waals surface area (Å²) in [4.78, 5) is 31.6. The van der Waals surface area contributed by atoms with Crippen molar-refractivity contribution in [2.24, 2.45) is 0 Å². The first-order chi connectivity index (χ1) is 14.6. The second-order valence-corrected chi connectivity index (χ2v) is 7.10. The molecular weight excluding hydrogens is 386 g/mol. The fraction of sp³-hybridized carbons (Fsp3) is 0.286. The Labute approximate surface area is 173 Å². The highest BCUT2D eigenvalue weighted by Crippen LogP contribution is 2.20. The van der Waals surface area contributed by atoms with Gasteiger partial charge in [0, 0.05) is 43.4 Å². The van der Waals surface area contributed by atoms with Crippen molar-refractivity contribution < 1.29 is 14.2 Å². The van der Waals surface area contributed by atoms with Crippen LogP contribution in [0.1, 0.15) is 11.5 Å². The van der Waals surface area contributed by atoms with E-state index < -0.39 is 4.92 Å². The van der Waals surface area contributed by atoms with E-state index in [0.717, 1.165) is 5.56 Å². The second kappa shape index (κ2) is 8.83. The van der Waals surface area contributed by atoms with Crippen molar-refractivity contribution >= 4 is 11.6 Å². The van der Waals surface area contributed by atoms with Crippen LogP contribution in [0, 0.1) is 10.1 Å². The van der Waals surface area contributed by atoms with Crippen LogP contribution in [-0.4, -0.2) is 56.9 Å². The zero-order valence-electron chi connectivity index (χ0n) is 16.3. The van der Waals surface area contributed by atoms with E-state index in [4.69, 9.17) is 4.52 Å². The van der Waals surface area contributed by atoms with E-state index in [9.17, 15) is 14.9 Å². The average molecular weight is 407 g/mol. The van der Waals surface area contributed by atoms with E-state index in [2.05, 4.69) is 15.0 Å². The standard InChI is InChI=1S/C21H21N5O4/c27-20(14-17-8-4-5-9-18(17)26(28)29)25-12-10-24(11-13-25)15-19-22-21(23-30-19)16-6-2-1-3-7-16/h1-9H,10-15H2. The van der Waals surface area contributed by atoms with Crippen LogP contribution in [0.2, 0.25) is 0 Å². The summed E-state index contributed by atoms with van der Waals surface area (Å²) in [6, 6.07) is 16.0. The number of nitrogens with zero attached hydrogens (tertiary/aromatic N) is 5. The molecule has 2 aromatic carbocycles. The number of nitro benzene ring substituents is 1. The highest BCUT2D eigenvalue weighted by Gasteiger charge is 2.24. The summed E-state index contributed by atoms with van der Waals surface area (Å²) in [6.45, 7) is 2.97. The maximum atomic E-state index is 12.6. The molecular formula is C21H21N5O4. The van der Waals surface area contributed by atoms with E-state index in [1.165, 1.54) is 6.07 Å². The van der Waals surface area contributed by atoms with Gasteiger partial charge in [0.1, 0.15) is 0 Å². The van der Waals surface area contributed by atoms with Gasteiger partial charge >= 0.3 is 0 Å². The van der Waals surface area contributed by atoms with Crippen LogP contribution in [0.3, 0.4) is 0 Å². The van der Waals surface area contributed by atoms with E-state index >= 15 is 0 Å². The Hall–Kier alpha value is -3.59. The molecule has 1 amide bonds. The van der Waals surface area contributed by atoms with Gasteiger partial charge in [-0.15, -0.1) is 0 Å². The zero-order valence-corrected chi connectivity index (χ0v) is 16.3. The number of carbonyl (C=O) groups excluding carboxylic acids is 1. The van der Waals surface area contributed by atoms with Crippen LogP contribution in [0.25, 0.3) is 11.4 Å². The van der Waals surface area contributed by atoms with Gasteiger partial charge in [0.25, 0.3) is 5.69 Å². The minimum Gasteiger partial charge on any atom is -0.340 e. The van der Waals surface area contributed by atoms with Gasteiger partial charge in [-0.3, -0.25) is 19.8 Å². The Morgan fingerprint density at radius 2 is 1.73 bits per heavy atom. The summed E-state index contributed by atoms with van der Waals surface area (Å²) in [6.07, 6.45) is 0.0290. The lowest BCUT2D eigenvalue weighted by Crippen LogP contribution is -2.48. The van der Waals surface area contributed by atoms with Crippen LogP contribution in [0.15, 0.2) is 59.1 Å². The van der Waals surface area contributed by atoms with Gasteiger partial charge in [-0.2, -0.15) is 4.98 Å². The lowest BCUT2D eigenvalue weighted by molar-refractivity contribution is -0.385. The van der Waals surface area contributed by atoms with Crippen molar-refractivity contribution in [2.75, 3.05) is 26.2 Å². The summed E-state index contributed by atoms with van der Waals surface area (Å²) in [5.74, 6) is 0.991. The summed E-state index contributed by atoms with van der Waals surface area (Å²) >= 11 is 0. The number of para-hydroxylation sites is 1. The minimum atomic E-state index is -0.450. The highest BCUT2D eigenvalue weighted by atomic mass is 16.6. The monoisotopic (exact) mass is 407 g/mol. The normalized spacial score (nSPS) is 14.6. The first-order valence-electron chi connectivity index (χ1n) is 9.70. The number of hydrogen-bond donors (Lipinski definition) is 0. The smallest absolute Gasteiger partial charge is 0.273 e. The van der Waals surface area contributed by atoms with Crippen LogP contribution in [-0.2, 0) is 17.8 Å². The number of benzene rings is 2. The minimum absolute atomic E-state index is 0.0184. The fourth-order valence-electron chi connectivity index (χ4n) is 3.48. The molecule has 2 heterocycles. The number of aromatic nitrogens is 2. The number of piperazine rings is 1. The summed E-state index contributed by atoms with van der Waals surface area (Å²) in [5, 5.41) is 15.2. The number of rotatable bonds is 6. The van der Waals surface area contributed by atoms with Gasteiger partial charge in [0.05, 0.1) is 17.9 Å². The summed E-state index contributed by atoms with van der Waals surface area (Å²) in [7, 11) is 0. The number of nitro groups is 1. The molecule has 1 aromatic heterocycles. The molecule has 0 radical (unpaired) electrons. The molecule has 1 aliphatic heterocycles. The highest BCUT2D eigenvalue weighted by molar-refractivity contribution is 5.80. The summed E-state index contributed by atoms with van der Waals surface area (Å²) in [5.41, 5.74) is 1.32. The molecule has 9 heteroatoms. The van der Waals surface area contributed by atoms with Crippen LogP contribution in [0.5, 0.6) is 0 Å². The molecule has 0 bridgehead atoms. The second-order valence-electron chi connectivity index (χ2n) is 7.10. The molecule has 1 saturated heterocycles. The number of hydrogen-bond acceptors (Lipinski definition) is 7. The van der Waals surface area contributed by atoms with E-state index in [1.54, 1.807) is 23.1 Å². The van der Waals surface area contributed by atoms with Crippen molar-refractivity contribution in [3.05, 3.63) is 76.2 Å². The summed E-state index contributed by atoms with van der Waals surface area (Å²) < 4.78 is 5.36. The Morgan fingerprint density at radius 3 is 2.47 bits per heavy atom. The van der Waals surface area contributed by atoms with Crippen molar-refractivity contribution in [1.82, 2.24) is 19.9 Å². The SMILES string of the molecule is O=C(Cc1ccccc1[N+](=O)[O-])N1CCN(Cc2nc(-c3ccccc3)no2)CC1. The lowest BCUT2D eigenvalue weighted by atomic mass is 10.1. The predicted octanol–water partition coefficient (Wildman–Crippen LogP) is 2.53. The molecule has 0 aliphatic carbocycles. The third-order valence-corrected chi connectivity index (χ3v) is 5.11. The van der Waals surface area contributed by atoms with Crippen molar-refractivity contribution in [3.8, 4) is 11.4 Å². The third-order valence-electron chi connectivity index (χ3n) is 5.11. The van der Waals surface area contributed by atoms with E-state index in [1.807, 2.05) is 30.3 Å². The third kappa shape index (κ3) is 4.52. The topological polar surface area (TPSA) is 106 Å². The Morgan fingerprint density at radius 1 is 1.03 bits per heavy atom. The maximum absolute atomic E-state index is 12.6. The molecule has 0 atom stereocenters. The first-order valence-corrected chi connectivity index (χ1v) is 9.70. The molecule has 0 unspecified atom stereocenters. The molecule has 0 saturated carbocycles. The van der Waals surface area contributed by atoms with Crippen molar-refractivity contribution in [2.45, 2.75) is 13.0 Å². The molecule has 0 N–H and O–H groups in total. The molecule has 154 valence electrons. The molecule has 0 spiro atoms. The molecule has 4 rings (SSSR count). The number of carbonyl (C=O) groups is 1. The molecule has 30 heavy (non-hydrogen) atoms.